The van der Waals surface area contributed by atoms with Crippen LogP contribution in [0.3, 0.4) is 0 Å². The Balaban J connectivity index is 1.50. The average Bonchev–Trinajstić information content (AvgIpc) is 3.55. The maximum Gasteiger partial charge on any atom is 0.307 e. The van der Waals surface area contributed by atoms with Gasteiger partial charge in [-0.15, -0.1) is 5.10 Å². The van der Waals surface area contributed by atoms with Gasteiger partial charge >= 0.3 is 5.97 Å². The first-order chi connectivity index (χ1) is 22.4. The van der Waals surface area contributed by atoms with Crippen LogP contribution in [0.4, 0.5) is 0 Å². The van der Waals surface area contributed by atoms with Crippen molar-refractivity contribution in [2.75, 3.05) is 26.4 Å². The van der Waals surface area contributed by atoms with Crippen molar-refractivity contribution in [1.29, 1.82) is 0 Å². The van der Waals surface area contributed by atoms with Crippen LogP contribution in [0.25, 0.3) is 0 Å². The van der Waals surface area contributed by atoms with Crippen LogP contribution in [0, 0.1) is 62.6 Å². The Morgan fingerprint density at radius 1 is 1.12 bits per heavy atom. The summed E-state index contributed by atoms with van der Waals surface area (Å²) in [6, 6.07) is -0.0303. The Kier molecular flexibility index (Phi) is 9.10. The summed E-state index contributed by atoms with van der Waals surface area (Å²) < 4.78 is 16.1. The zero-order chi connectivity index (χ0) is 35.1. The summed E-state index contributed by atoms with van der Waals surface area (Å²) in [4.78, 5) is 13.5. The van der Waals surface area contributed by atoms with E-state index in [0.29, 0.717) is 36.9 Å². The van der Waals surface area contributed by atoms with E-state index in [1.807, 2.05) is 4.68 Å². The number of carbonyl (C=O) groups is 1. The van der Waals surface area contributed by atoms with Gasteiger partial charge in [0.05, 0.1) is 37.9 Å². The molecule has 1 aliphatic heterocycles. The Bertz CT molecular complexity index is 1380. The maximum atomic E-state index is 13.5. The number of nitrogens with zero attached hydrogens (tertiary/aromatic N) is 4. The first-order valence-electron chi connectivity index (χ1n) is 19.1. The van der Waals surface area contributed by atoms with Crippen LogP contribution < -0.4 is 5.32 Å². The molecule has 9 nitrogen and oxygen atoms in total. The summed E-state index contributed by atoms with van der Waals surface area (Å²) in [6.07, 6.45) is 9.93. The molecule has 2 heterocycles. The molecule has 2 N–H and O–H groups in total. The molecule has 270 valence electrons. The van der Waals surface area contributed by atoms with Gasteiger partial charge in [0, 0.05) is 11.0 Å². The van der Waals surface area contributed by atoms with Crippen molar-refractivity contribution >= 4 is 5.97 Å². The fourth-order valence-corrected chi connectivity index (χ4v) is 12.5. The summed E-state index contributed by atoms with van der Waals surface area (Å²) in [5.41, 5.74) is 0.0939. The number of likely N-dealkylation sites (N-methyl/N-ethyl adjacent to an activating group) is 1. The molecule has 1 saturated heterocycles. The molecule has 0 aromatic carbocycles. The number of nitrogens with one attached hydrogen (secondary N) is 1. The van der Waals surface area contributed by atoms with Crippen LogP contribution in [0.1, 0.15) is 121 Å². The third-order valence-corrected chi connectivity index (χ3v) is 16.1. The molecule has 6 rings (SSSR count). The van der Waals surface area contributed by atoms with Crippen molar-refractivity contribution < 1.29 is 19.4 Å². The molecular weight excluding hydrogens is 602 g/mol. The van der Waals surface area contributed by atoms with Crippen molar-refractivity contribution in [1.82, 2.24) is 25.5 Å². The second-order valence-corrected chi connectivity index (χ2v) is 18.8. The maximum absolute atomic E-state index is 13.5. The van der Waals surface area contributed by atoms with E-state index in [-0.39, 0.29) is 50.7 Å². The minimum absolute atomic E-state index is 0.0303. The number of aromatic nitrogens is 4. The minimum atomic E-state index is -0.621. The summed E-state index contributed by atoms with van der Waals surface area (Å²) in [5.74, 6) is 0.745. The SMILES string of the molecule is CCN[C@](C)(CO[C@H]1[C@H](n2cnnn2)C[C@]2(C)COC[C@@]13C1=CC[C@@]4(C)[C@H](C(=O)O)[C@@](C)([C@H](C)C(C)C)CC[C@]4(C)[C@H]1CC[C@H]23)C(C)C. The van der Waals surface area contributed by atoms with Gasteiger partial charge in [-0.3, -0.25) is 4.79 Å². The number of fused-ring (bicyclic) bond motifs is 3. The van der Waals surface area contributed by atoms with E-state index < -0.39 is 11.9 Å². The fourth-order valence-electron chi connectivity index (χ4n) is 12.5. The lowest BCUT2D eigenvalue weighted by Crippen LogP contribution is -2.70. The van der Waals surface area contributed by atoms with E-state index in [9.17, 15) is 9.90 Å². The lowest BCUT2D eigenvalue weighted by atomic mass is 9.34. The number of rotatable bonds is 10. The van der Waals surface area contributed by atoms with Gasteiger partial charge in [-0.05, 0) is 114 Å². The zero-order valence-electron chi connectivity index (χ0n) is 31.8. The normalized spacial score (nSPS) is 44.3. The number of carboxylic acids is 1. The van der Waals surface area contributed by atoms with Crippen molar-refractivity contribution in [2.24, 2.45) is 62.6 Å². The molecular formula is C39H65N5O4. The fraction of sp³-hybridized carbons (Fsp3) is 0.897. The Labute approximate surface area is 289 Å². The third kappa shape index (κ3) is 4.93. The highest BCUT2D eigenvalue weighted by Crippen LogP contribution is 2.75. The lowest BCUT2D eigenvalue weighted by Gasteiger charge is -2.71. The molecule has 0 unspecified atom stereocenters. The average molecular weight is 668 g/mol. The van der Waals surface area contributed by atoms with Gasteiger partial charge in [-0.2, -0.15) is 0 Å². The second kappa shape index (κ2) is 12.1. The molecule has 0 radical (unpaired) electrons. The predicted octanol–water partition coefficient (Wildman–Crippen LogP) is 7.21. The van der Waals surface area contributed by atoms with E-state index in [2.05, 4.69) is 103 Å². The van der Waals surface area contributed by atoms with Crippen LogP contribution >= 0.6 is 0 Å². The van der Waals surface area contributed by atoms with Crippen LogP contribution in [-0.2, 0) is 14.3 Å². The largest absolute Gasteiger partial charge is 0.481 e. The summed E-state index contributed by atoms with van der Waals surface area (Å²) in [7, 11) is 0. The monoisotopic (exact) mass is 668 g/mol. The van der Waals surface area contributed by atoms with Gasteiger partial charge in [0.25, 0.3) is 0 Å². The molecule has 12 atom stereocenters. The molecule has 4 fully saturated rings. The Morgan fingerprint density at radius 2 is 1.85 bits per heavy atom. The summed E-state index contributed by atoms with van der Waals surface area (Å²) >= 11 is 0. The van der Waals surface area contributed by atoms with Gasteiger partial charge in [0.2, 0.25) is 0 Å². The van der Waals surface area contributed by atoms with Crippen LogP contribution in [0.5, 0.6) is 0 Å². The molecule has 0 spiro atoms. The molecule has 0 amide bonds. The van der Waals surface area contributed by atoms with Crippen LogP contribution in [0.2, 0.25) is 0 Å². The Morgan fingerprint density at radius 3 is 2.46 bits per heavy atom. The van der Waals surface area contributed by atoms with Crippen molar-refractivity contribution in [3.05, 3.63) is 18.0 Å². The third-order valence-electron chi connectivity index (χ3n) is 16.1. The lowest BCUT2D eigenvalue weighted by molar-refractivity contribution is -0.255. The van der Waals surface area contributed by atoms with Crippen LogP contribution in [0.15, 0.2) is 18.0 Å². The Hall–Kier alpha value is -1.84. The second-order valence-electron chi connectivity index (χ2n) is 18.8. The van der Waals surface area contributed by atoms with E-state index in [1.54, 1.807) is 6.33 Å². The number of aliphatic carboxylic acids is 1. The summed E-state index contributed by atoms with van der Waals surface area (Å²) in [5, 5.41) is 27.6. The molecule has 9 heteroatoms. The van der Waals surface area contributed by atoms with Crippen molar-refractivity contribution in [3.8, 4) is 0 Å². The van der Waals surface area contributed by atoms with E-state index in [1.165, 1.54) is 5.57 Å². The van der Waals surface area contributed by atoms with Crippen molar-refractivity contribution in [3.63, 3.8) is 0 Å². The molecule has 1 aromatic rings. The molecule has 48 heavy (non-hydrogen) atoms. The summed E-state index contributed by atoms with van der Waals surface area (Å²) in [6.45, 7) is 28.1. The van der Waals surface area contributed by atoms with Gasteiger partial charge in [0.15, 0.2) is 0 Å². The molecule has 4 aliphatic carbocycles. The number of allylic oxidation sites excluding steroid dienone is 1. The number of hydrogen-bond acceptors (Lipinski definition) is 7. The van der Waals surface area contributed by atoms with Crippen LogP contribution in [-0.4, -0.2) is 69.3 Å². The molecule has 5 aliphatic rings. The number of ether oxygens (including phenoxy) is 2. The topological polar surface area (TPSA) is 111 Å². The smallest absolute Gasteiger partial charge is 0.307 e. The molecule has 1 aromatic heterocycles. The zero-order valence-corrected chi connectivity index (χ0v) is 31.8. The van der Waals surface area contributed by atoms with E-state index in [4.69, 9.17) is 9.47 Å². The number of hydrogen-bond donors (Lipinski definition) is 2. The molecule has 3 saturated carbocycles. The van der Waals surface area contributed by atoms with E-state index >= 15 is 0 Å². The predicted molar refractivity (Wildman–Crippen MR) is 187 cm³/mol. The standard InChI is InChI=1S/C39H65N5O4/c1-12-40-38(11,25(4)5)21-48-32-29(44-23-41-42-43-44)19-34(7)20-47-22-39(32)28-15-16-37(10)31(33(45)46)35(8,26(6)24(2)3)17-18-36(37,9)27(28)13-14-30(34)39/h15,23-27,29-32,40H,12-14,16-22H2,1-11H3,(H,45,46)/t26-,27+,29-,30-,31-,32+,34-,35-,36-,37+,38-,39+/m1/s1. The minimum Gasteiger partial charge on any atom is -0.481 e. The van der Waals surface area contributed by atoms with Gasteiger partial charge in [0.1, 0.15) is 6.33 Å². The first-order valence-corrected chi connectivity index (χ1v) is 19.1. The highest BCUT2D eigenvalue weighted by atomic mass is 16.5. The van der Waals surface area contributed by atoms with E-state index in [0.717, 1.165) is 51.7 Å². The van der Waals surface area contributed by atoms with Crippen molar-refractivity contribution in [2.45, 2.75) is 132 Å². The first kappa shape index (κ1) is 36.0. The molecule has 2 bridgehead atoms. The number of tetrazole rings is 1. The quantitative estimate of drug-likeness (QED) is 0.252. The van der Waals surface area contributed by atoms with Gasteiger partial charge in [-0.1, -0.05) is 80.9 Å². The number of carboxylic acid groups (broad SMARTS) is 1. The van der Waals surface area contributed by atoms with Gasteiger partial charge < -0.3 is 19.9 Å². The highest BCUT2D eigenvalue weighted by molar-refractivity contribution is 5.73. The van der Waals surface area contributed by atoms with Gasteiger partial charge in [-0.25, -0.2) is 4.68 Å². The highest BCUT2D eigenvalue weighted by Gasteiger charge is 2.72.